The zero-order valence-corrected chi connectivity index (χ0v) is 11.9. The number of methoxy groups -OCH3 is 1. The van der Waals surface area contributed by atoms with Crippen LogP contribution >= 0.6 is 0 Å². The van der Waals surface area contributed by atoms with Crippen molar-refractivity contribution in [1.82, 2.24) is 9.88 Å². The molecular formula is C16H20N2O2. The summed E-state index contributed by atoms with van der Waals surface area (Å²) in [6.07, 6.45) is 4.11. The van der Waals surface area contributed by atoms with Gasteiger partial charge in [-0.15, -0.1) is 0 Å². The van der Waals surface area contributed by atoms with Crippen molar-refractivity contribution in [2.24, 2.45) is 0 Å². The zero-order valence-electron chi connectivity index (χ0n) is 11.9. The van der Waals surface area contributed by atoms with E-state index in [9.17, 15) is 4.79 Å². The summed E-state index contributed by atoms with van der Waals surface area (Å²) in [6.45, 7) is 3.67. The Morgan fingerprint density at radius 1 is 1.30 bits per heavy atom. The number of esters is 1. The van der Waals surface area contributed by atoms with Crippen LogP contribution in [0.3, 0.4) is 0 Å². The van der Waals surface area contributed by atoms with Gasteiger partial charge in [0.25, 0.3) is 0 Å². The Labute approximate surface area is 119 Å². The molecule has 1 heterocycles. The molecule has 1 aromatic heterocycles. The van der Waals surface area contributed by atoms with Crippen LogP contribution in [0.4, 0.5) is 0 Å². The van der Waals surface area contributed by atoms with Crippen LogP contribution in [-0.4, -0.2) is 17.6 Å². The van der Waals surface area contributed by atoms with Gasteiger partial charge in [0.1, 0.15) is 6.04 Å². The Balaban J connectivity index is 2.07. The molecule has 0 spiro atoms. The second kappa shape index (κ2) is 6.91. The van der Waals surface area contributed by atoms with Crippen LogP contribution in [0.2, 0.25) is 0 Å². The van der Waals surface area contributed by atoms with E-state index in [-0.39, 0.29) is 5.97 Å². The summed E-state index contributed by atoms with van der Waals surface area (Å²) < 4.78 is 6.98. The smallest absolute Gasteiger partial charge is 0.327 e. The Kier molecular flexibility index (Phi) is 4.96. The van der Waals surface area contributed by atoms with Gasteiger partial charge in [0.2, 0.25) is 0 Å². The Hall–Kier alpha value is -2.07. The summed E-state index contributed by atoms with van der Waals surface area (Å²) >= 11 is 0. The highest BCUT2D eigenvalue weighted by molar-refractivity contribution is 5.77. The molecule has 1 atom stereocenters. The molecule has 0 aliphatic heterocycles. The molecule has 1 aromatic carbocycles. The first-order valence-corrected chi connectivity index (χ1v) is 6.75. The molecule has 106 valence electrons. The van der Waals surface area contributed by atoms with Crippen molar-refractivity contribution >= 4 is 5.97 Å². The number of carbonyl (C=O) groups excluding carboxylic acids is 1. The first-order chi connectivity index (χ1) is 9.74. The maximum atomic E-state index is 11.9. The van der Waals surface area contributed by atoms with Gasteiger partial charge in [-0.25, -0.2) is 4.79 Å². The van der Waals surface area contributed by atoms with Gasteiger partial charge in [-0.1, -0.05) is 30.3 Å². The van der Waals surface area contributed by atoms with E-state index in [2.05, 4.69) is 29.1 Å². The lowest BCUT2D eigenvalue weighted by Gasteiger charge is -2.16. The largest absolute Gasteiger partial charge is 0.468 e. The van der Waals surface area contributed by atoms with Crippen LogP contribution in [0, 0.1) is 0 Å². The fourth-order valence-electron chi connectivity index (χ4n) is 2.11. The summed E-state index contributed by atoms with van der Waals surface area (Å²) in [5.74, 6) is -0.272. The van der Waals surface area contributed by atoms with E-state index < -0.39 is 6.04 Å². The molecule has 4 nitrogen and oxygen atoms in total. The van der Waals surface area contributed by atoms with Crippen molar-refractivity contribution in [2.75, 3.05) is 7.11 Å². The lowest BCUT2D eigenvalue weighted by Crippen LogP contribution is -2.29. The molecule has 0 saturated carbocycles. The molecule has 4 heteroatoms. The van der Waals surface area contributed by atoms with Crippen LogP contribution in [0.25, 0.3) is 0 Å². The number of carbonyl (C=O) groups is 1. The highest BCUT2D eigenvalue weighted by Crippen LogP contribution is 2.15. The number of nitrogens with one attached hydrogen (secondary N) is 1. The lowest BCUT2D eigenvalue weighted by atomic mass is 10.1. The molecule has 0 bridgehead atoms. The minimum Gasteiger partial charge on any atom is -0.468 e. The van der Waals surface area contributed by atoms with Gasteiger partial charge in [0, 0.05) is 25.5 Å². The van der Waals surface area contributed by atoms with Crippen LogP contribution in [0.1, 0.15) is 24.1 Å². The number of aryl methyl sites for hydroxylation is 1. The van der Waals surface area contributed by atoms with E-state index >= 15 is 0 Å². The molecule has 0 saturated heterocycles. The minimum atomic E-state index is -0.439. The van der Waals surface area contributed by atoms with Crippen LogP contribution < -0.4 is 5.32 Å². The summed E-state index contributed by atoms with van der Waals surface area (Å²) in [5.41, 5.74) is 2.06. The zero-order chi connectivity index (χ0) is 14.4. The van der Waals surface area contributed by atoms with Crippen LogP contribution in [0.15, 0.2) is 48.8 Å². The van der Waals surface area contributed by atoms with Gasteiger partial charge in [-0.05, 0) is 24.1 Å². The van der Waals surface area contributed by atoms with E-state index in [4.69, 9.17) is 4.74 Å². The van der Waals surface area contributed by atoms with Gasteiger partial charge in [-0.3, -0.25) is 5.32 Å². The fourth-order valence-corrected chi connectivity index (χ4v) is 2.11. The molecule has 1 unspecified atom stereocenters. The molecule has 0 fully saturated rings. The first-order valence-electron chi connectivity index (χ1n) is 6.75. The Bertz CT molecular complexity index is 549. The molecule has 0 aliphatic rings. The molecule has 1 N–H and O–H groups in total. The molecule has 0 aliphatic carbocycles. The number of ether oxygens (including phenoxy) is 1. The molecule has 0 amide bonds. The third kappa shape index (κ3) is 3.48. The average molecular weight is 272 g/mol. The van der Waals surface area contributed by atoms with E-state index in [1.807, 2.05) is 36.5 Å². The number of nitrogens with zero attached hydrogens (tertiary/aromatic N) is 1. The fraction of sp³-hybridized carbons (Fsp3) is 0.312. The summed E-state index contributed by atoms with van der Waals surface area (Å²) in [5, 5.41) is 3.25. The molecule has 2 aromatic rings. The van der Waals surface area contributed by atoms with Crippen molar-refractivity contribution in [3.63, 3.8) is 0 Å². The van der Waals surface area contributed by atoms with Crippen molar-refractivity contribution in [3.8, 4) is 0 Å². The summed E-state index contributed by atoms with van der Waals surface area (Å²) in [4.78, 5) is 11.9. The van der Waals surface area contributed by atoms with Crippen molar-refractivity contribution in [2.45, 2.75) is 26.1 Å². The molecule has 20 heavy (non-hydrogen) atoms. The lowest BCUT2D eigenvalue weighted by molar-refractivity contribution is -0.143. The number of hydrogen-bond donors (Lipinski definition) is 1. The second-order valence-corrected chi connectivity index (χ2v) is 4.60. The van der Waals surface area contributed by atoms with Crippen molar-refractivity contribution < 1.29 is 9.53 Å². The number of hydrogen-bond acceptors (Lipinski definition) is 3. The van der Waals surface area contributed by atoms with Gasteiger partial charge >= 0.3 is 5.97 Å². The number of rotatable bonds is 6. The SMILES string of the molecule is CCn1ccc(CNC(C(=O)OC)c2ccccc2)c1. The first kappa shape index (κ1) is 14.3. The van der Waals surface area contributed by atoms with Gasteiger partial charge < -0.3 is 9.30 Å². The second-order valence-electron chi connectivity index (χ2n) is 4.60. The van der Waals surface area contributed by atoms with Gasteiger partial charge in [0.05, 0.1) is 7.11 Å². The highest BCUT2D eigenvalue weighted by Gasteiger charge is 2.20. The van der Waals surface area contributed by atoms with Gasteiger partial charge in [-0.2, -0.15) is 0 Å². The predicted molar refractivity (Wildman–Crippen MR) is 78.1 cm³/mol. The van der Waals surface area contributed by atoms with Crippen LogP contribution in [-0.2, 0) is 22.6 Å². The monoisotopic (exact) mass is 272 g/mol. The molecular weight excluding hydrogens is 252 g/mol. The third-order valence-electron chi connectivity index (χ3n) is 3.26. The maximum absolute atomic E-state index is 11.9. The van der Waals surface area contributed by atoms with Crippen LogP contribution in [0.5, 0.6) is 0 Å². The standard InChI is InChI=1S/C16H20N2O2/c1-3-18-10-9-13(12-18)11-17-15(16(19)20-2)14-7-5-4-6-8-14/h4-10,12,15,17H,3,11H2,1-2H3. The average Bonchev–Trinajstić information content (AvgIpc) is 2.96. The third-order valence-corrected chi connectivity index (χ3v) is 3.26. The van der Waals surface area contributed by atoms with E-state index in [0.29, 0.717) is 6.54 Å². The predicted octanol–water partition coefficient (Wildman–Crippen LogP) is 2.51. The Morgan fingerprint density at radius 2 is 2.05 bits per heavy atom. The maximum Gasteiger partial charge on any atom is 0.327 e. The normalized spacial score (nSPS) is 12.1. The van der Waals surface area contributed by atoms with E-state index in [0.717, 1.165) is 17.7 Å². The highest BCUT2D eigenvalue weighted by atomic mass is 16.5. The summed E-state index contributed by atoms with van der Waals surface area (Å²) in [6, 6.07) is 11.2. The number of aromatic nitrogens is 1. The quantitative estimate of drug-likeness (QED) is 0.822. The number of benzene rings is 1. The van der Waals surface area contributed by atoms with Crippen molar-refractivity contribution in [1.29, 1.82) is 0 Å². The Morgan fingerprint density at radius 3 is 2.65 bits per heavy atom. The minimum absolute atomic E-state index is 0.272. The van der Waals surface area contributed by atoms with E-state index in [1.165, 1.54) is 7.11 Å². The molecule has 2 rings (SSSR count). The topological polar surface area (TPSA) is 43.3 Å². The molecule has 0 radical (unpaired) electrons. The van der Waals surface area contributed by atoms with E-state index in [1.54, 1.807) is 0 Å². The van der Waals surface area contributed by atoms with Crippen molar-refractivity contribution in [3.05, 3.63) is 59.9 Å². The summed E-state index contributed by atoms with van der Waals surface area (Å²) in [7, 11) is 1.41. The van der Waals surface area contributed by atoms with Gasteiger partial charge in [0.15, 0.2) is 0 Å².